The van der Waals surface area contributed by atoms with Gasteiger partial charge < -0.3 is 15.5 Å². The van der Waals surface area contributed by atoms with Gasteiger partial charge in [-0.25, -0.2) is 4.79 Å². The zero-order valence-corrected chi connectivity index (χ0v) is 13.1. The molecule has 0 unspecified atom stereocenters. The second-order valence-corrected chi connectivity index (χ2v) is 5.29. The second kappa shape index (κ2) is 8.46. The Hall–Kier alpha value is -1.71. The molecule has 0 aliphatic heterocycles. The number of hydrogen-bond donors (Lipinski definition) is 2. The number of amides is 2. The average molecular weight is 277 g/mol. The molecule has 2 amide bonds. The van der Waals surface area contributed by atoms with Crippen LogP contribution in [0.25, 0.3) is 0 Å². The highest BCUT2D eigenvalue weighted by Crippen LogP contribution is 2.18. The lowest BCUT2D eigenvalue weighted by molar-refractivity contribution is 0.250. The third-order valence-electron chi connectivity index (χ3n) is 2.90. The molecule has 0 aliphatic rings. The number of carbonyl (C=O) groups is 1. The van der Waals surface area contributed by atoms with E-state index < -0.39 is 0 Å². The van der Waals surface area contributed by atoms with Gasteiger partial charge in [0.05, 0.1) is 0 Å². The molecular weight excluding hydrogens is 250 g/mol. The van der Waals surface area contributed by atoms with Crippen molar-refractivity contribution in [1.82, 2.24) is 5.32 Å². The van der Waals surface area contributed by atoms with Gasteiger partial charge >= 0.3 is 6.03 Å². The topological polar surface area (TPSA) is 44.4 Å². The van der Waals surface area contributed by atoms with Gasteiger partial charge in [0, 0.05) is 30.5 Å². The van der Waals surface area contributed by atoms with E-state index in [1.54, 1.807) is 0 Å². The molecule has 0 spiro atoms. The molecule has 0 heterocycles. The number of anilines is 2. The third-order valence-corrected chi connectivity index (χ3v) is 2.90. The van der Waals surface area contributed by atoms with Crippen LogP contribution in [0.2, 0.25) is 0 Å². The maximum absolute atomic E-state index is 11.6. The van der Waals surface area contributed by atoms with Gasteiger partial charge in [-0.3, -0.25) is 0 Å². The minimum Gasteiger partial charge on any atom is -0.372 e. The maximum atomic E-state index is 11.6. The standard InChI is InChI=1S/C16H27N3O/c1-5-11-19(12-6-2)15-9-7-14(8-10-15)18-16(20)17-13(3)4/h7-10,13H,5-6,11-12H2,1-4H3,(H2,17,18,20). The Morgan fingerprint density at radius 3 is 2.10 bits per heavy atom. The number of carbonyl (C=O) groups excluding carboxylic acids is 1. The average Bonchev–Trinajstić information content (AvgIpc) is 2.38. The van der Waals surface area contributed by atoms with E-state index >= 15 is 0 Å². The van der Waals surface area contributed by atoms with Gasteiger partial charge in [-0.05, 0) is 51.0 Å². The van der Waals surface area contributed by atoms with Crippen molar-refractivity contribution in [2.75, 3.05) is 23.3 Å². The summed E-state index contributed by atoms with van der Waals surface area (Å²) in [5, 5.41) is 5.64. The Morgan fingerprint density at radius 1 is 1.10 bits per heavy atom. The van der Waals surface area contributed by atoms with Gasteiger partial charge in [-0.1, -0.05) is 13.8 Å². The lowest BCUT2D eigenvalue weighted by Gasteiger charge is -2.24. The summed E-state index contributed by atoms with van der Waals surface area (Å²) in [5.74, 6) is 0. The fourth-order valence-electron chi connectivity index (χ4n) is 2.09. The molecule has 0 radical (unpaired) electrons. The summed E-state index contributed by atoms with van der Waals surface area (Å²) in [6, 6.07) is 8.01. The normalized spacial score (nSPS) is 10.4. The van der Waals surface area contributed by atoms with Crippen molar-refractivity contribution < 1.29 is 4.79 Å². The van der Waals surface area contributed by atoms with Crippen LogP contribution >= 0.6 is 0 Å². The molecule has 0 saturated heterocycles. The van der Waals surface area contributed by atoms with Gasteiger partial charge in [0.1, 0.15) is 0 Å². The smallest absolute Gasteiger partial charge is 0.319 e. The molecule has 0 aromatic heterocycles. The monoisotopic (exact) mass is 277 g/mol. The lowest BCUT2D eigenvalue weighted by Crippen LogP contribution is -2.34. The predicted octanol–water partition coefficient (Wildman–Crippen LogP) is 3.84. The van der Waals surface area contributed by atoms with E-state index in [1.807, 2.05) is 26.0 Å². The molecule has 0 aliphatic carbocycles. The summed E-state index contributed by atoms with van der Waals surface area (Å²) in [4.78, 5) is 14.0. The Bertz CT molecular complexity index is 395. The Kier molecular flexibility index (Phi) is 6.91. The SMILES string of the molecule is CCCN(CCC)c1ccc(NC(=O)NC(C)C)cc1. The Labute approximate surface area is 122 Å². The van der Waals surface area contributed by atoms with Crippen LogP contribution in [0.3, 0.4) is 0 Å². The van der Waals surface area contributed by atoms with Crippen LogP contribution in [0.5, 0.6) is 0 Å². The second-order valence-electron chi connectivity index (χ2n) is 5.29. The molecule has 1 aromatic rings. The molecular formula is C16H27N3O. The summed E-state index contributed by atoms with van der Waals surface area (Å²) < 4.78 is 0. The third kappa shape index (κ3) is 5.51. The molecule has 0 saturated carbocycles. The van der Waals surface area contributed by atoms with Crippen LogP contribution in [0.15, 0.2) is 24.3 Å². The van der Waals surface area contributed by atoms with E-state index in [2.05, 4.69) is 41.5 Å². The molecule has 4 nitrogen and oxygen atoms in total. The largest absolute Gasteiger partial charge is 0.372 e. The van der Waals surface area contributed by atoms with Crippen LogP contribution in [-0.2, 0) is 0 Å². The first-order valence-corrected chi connectivity index (χ1v) is 7.49. The molecule has 1 rings (SSSR count). The Morgan fingerprint density at radius 2 is 1.65 bits per heavy atom. The van der Waals surface area contributed by atoms with Crippen molar-refractivity contribution in [3.63, 3.8) is 0 Å². The van der Waals surface area contributed by atoms with Crippen molar-refractivity contribution >= 4 is 17.4 Å². The summed E-state index contributed by atoms with van der Waals surface area (Å²) in [7, 11) is 0. The fourth-order valence-corrected chi connectivity index (χ4v) is 2.09. The van der Waals surface area contributed by atoms with E-state index in [-0.39, 0.29) is 12.1 Å². The molecule has 0 bridgehead atoms. The van der Waals surface area contributed by atoms with Crippen LogP contribution < -0.4 is 15.5 Å². The Balaban J connectivity index is 2.64. The van der Waals surface area contributed by atoms with E-state index in [4.69, 9.17) is 0 Å². The highest BCUT2D eigenvalue weighted by atomic mass is 16.2. The van der Waals surface area contributed by atoms with Gasteiger partial charge in [0.2, 0.25) is 0 Å². The van der Waals surface area contributed by atoms with E-state index in [9.17, 15) is 4.79 Å². The lowest BCUT2D eigenvalue weighted by atomic mass is 10.2. The number of nitrogens with one attached hydrogen (secondary N) is 2. The van der Waals surface area contributed by atoms with Crippen LogP contribution in [0.1, 0.15) is 40.5 Å². The highest BCUT2D eigenvalue weighted by molar-refractivity contribution is 5.89. The number of nitrogens with zero attached hydrogens (tertiary/aromatic N) is 1. The van der Waals surface area contributed by atoms with E-state index in [0.717, 1.165) is 31.6 Å². The number of benzene rings is 1. The fraction of sp³-hybridized carbons (Fsp3) is 0.562. The zero-order chi connectivity index (χ0) is 15.0. The molecule has 0 fully saturated rings. The minimum absolute atomic E-state index is 0.138. The summed E-state index contributed by atoms with van der Waals surface area (Å²) in [5.41, 5.74) is 2.03. The van der Waals surface area contributed by atoms with Crippen LogP contribution in [0.4, 0.5) is 16.2 Å². The number of hydrogen-bond acceptors (Lipinski definition) is 2. The minimum atomic E-state index is -0.160. The first-order valence-electron chi connectivity index (χ1n) is 7.49. The van der Waals surface area contributed by atoms with Gasteiger partial charge in [-0.2, -0.15) is 0 Å². The molecule has 20 heavy (non-hydrogen) atoms. The quantitative estimate of drug-likeness (QED) is 0.795. The zero-order valence-electron chi connectivity index (χ0n) is 13.1. The molecule has 1 aromatic carbocycles. The van der Waals surface area contributed by atoms with E-state index in [1.165, 1.54) is 5.69 Å². The van der Waals surface area contributed by atoms with Crippen molar-refractivity contribution in [2.24, 2.45) is 0 Å². The van der Waals surface area contributed by atoms with Gasteiger partial charge in [-0.15, -0.1) is 0 Å². The van der Waals surface area contributed by atoms with Crippen LogP contribution in [0, 0.1) is 0 Å². The maximum Gasteiger partial charge on any atom is 0.319 e. The molecule has 0 atom stereocenters. The number of rotatable bonds is 7. The first kappa shape index (κ1) is 16.3. The molecule has 2 N–H and O–H groups in total. The van der Waals surface area contributed by atoms with Crippen molar-refractivity contribution in [2.45, 2.75) is 46.6 Å². The van der Waals surface area contributed by atoms with E-state index in [0.29, 0.717) is 0 Å². The highest BCUT2D eigenvalue weighted by Gasteiger charge is 2.06. The van der Waals surface area contributed by atoms with Crippen molar-refractivity contribution in [3.8, 4) is 0 Å². The van der Waals surface area contributed by atoms with Crippen LogP contribution in [-0.4, -0.2) is 25.2 Å². The molecule has 4 heteroatoms. The van der Waals surface area contributed by atoms with Gasteiger partial charge in [0.15, 0.2) is 0 Å². The van der Waals surface area contributed by atoms with Crippen molar-refractivity contribution in [1.29, 1.82) is 0 Å². The summed E-state index contributed by atoms with van der Waals surface area (Å²) >= 11 is 0. The first-order chi connectivity index (χ1) is 9.56. The molecule has 112 valence electrons. The van der Waals surface area contributed by atoms with Crippen molar-refractivity contribution in [3.05, 3.63) is 24.3 Å². The number of urea groups is 1. The predicted molar refractivity (Wildman–Crippen MR) is 86.5 cm³/mol. The summed E-state index contributed by atoms with van der Waals surface area (Å²) in [6.07, 6.45) is 2.27. The van der Waals surface area contributed by atoms with Gasteiger partial charge in [0.25, 0.3) is 0 Å². The summed E-state index contributed by atoms with van der Waals surface area (Å²) in [6.45, 7) is 10.4.